The lowest BCUT2D eigenvalue weighted by Crippen LogP contribution is -2.48. The second-order valence-electron chi connectivity index (χ2n) is 9.77. The summed E-state index contributed by atoms with van der Waals surface area (Å²) < 4.78 is 6.67. The molecule has 1 saturated heterocycles. The van der Waals surface area contributed by atoms with Crippen molar-refractivity contribution < 1.29 is 14.3 Å². The number of fused-ring (bicyclic) bond motifs is 3. The van der Waals surface area contributed by atoms with Crippen LogP contribution in [0.1, 0.15) is 47.6 Å². The number of amides is 3. The number of hydrogen-bond donors (Lipinski definition) is 0. The highest BCUT2D eigenvalue weighted by atomic mass is 32.1. The lowest BCUT2D eigenvalue weighted by molar-refractivity contribution is 0.0725. The SMILES string of the molecule is CCN1CCN(C(=O)c2nc3ccccc3s2)CCC/C2=C/[C@H](C)Cc3c(cccc3OC)CN2C1=O. The summed E-state index contributed by atoms with van der Waals surface area (Å²) in [7, 11) is 1.70. The number of aromatic nitrogens is 1. The molecule has 5 rings (SSSR count). The third-order valence-electron chi connectivity index (χ3n) is 7.28. The molecular weight excluding hydrogens is 484 g/mol. The van der Waals surface area contributed by atoms with Crippen LogP contribution in [-0.4, -0.2) is 64.9 Å². The van der Waals surface area contributed by atoms with Gasteiger partial charge in [-0.3, -0.25) is 9.69 Å². The van der Waals surface area contributed by atoms with Gasteiger partial charge in [-0.15, -0.1) is 11.3 Å². The average molecular weight is 519 g/mol. The fourth-order valence-corrected chi connectivity index (χ4v) is 6.26. The summed E-state index contributed by atoms with van der Waals surface area (Å²) in [5, 5.41) is 0.513. The van der Waals surface area contributed by atoms with Gasteiger partial charge in [-0.1, -0.05) is 37.3 Å². The van der Waals surface area contributed by atoms with E-state index in [1.54, 1.807) is 7.11 Å². The van der Waals surface area contributed by atoms with Crippen LogP contribution in [0.5, 0.6) is 5.75 Å². The topological polar surface area (TPSA) is 66.0 Å². The number of hydrogen-bond acceptors (Lipinski definition) is 5. The molecule has 2 aromatic carbocycles. The normalized spacial score (nSPS) is 20.4. The van der Waals surface area contributed by atoms with E-state index in [2.05, 4.69) is 24.1 Å². The van der Waals surface area contributed by atoms with Crippen molar-refractivity contribution in [2.75, 3.05) is 33.3 Å². The van der Waals surface area contributed by atoms with Crippen molar-refractivity contribution in [3.8, 4) is 5.75 Å². The van der Waals surface area contributed by atoms with E-state index in [9.17, 15) is 9.59 Å². The van der Waals surface area contributed by atoms with Gasteiger partial charge in [0.25, 0.3) is 5.91 Å². The Morgan fingerprint density at radius 2 is 1.97 bits per heavy atom. The van der Waals surface area contributed by atoms with E-state index in [4.69, 9.17) is 4.74 Å². The summed E-state index contributed by atoms with van der Waals surface area (Å²) in [4.78, 5) is 37.6. The van der Waals surface area contributed by atoms with Crippen LogP contribution < -0.4 is 4.74 Å². The lowest BCUT2D eigenvalue weighted by Gasteiger charge is -2.37. The Morgan fingerprint density at radius 1 is 1.14 bits per heavy atom. The van der Waals surface area contributed by atoms with Crippen molar-refractivity contribution in [2.45, 2.75) is 39.7 Å². The van der Waals surface area contributed by atoms with Crippen molar-refractivity contribution in [1.82, 2.24) is 19.7 Å². The highest BCUT2D eigenvalue weighted by Gasteiger charge is 2.30. The number of rotatable bonds is 3. The molecule has 0 N–H and O–H groups in total. The van der Waals surface area contributed by atoms with E-state index >= 15 is 0 Å². The Hall–Kier alpha value is -3.39. The highest BCUT2D eigenvalue weighted by Crippen LogP contribution is 2.32. The predicted octanol–water partition coefficient (Wildman–Crippen LogP) is 5.56. The van der Waals surface area contributed by atoms with Crippen LogP contribution in [0.25, 0.3) is 10.2 Å². The summed E-state index contributed by atoms with van der Waals surface area (Å²) in [5.74, 6) is 1.08. The largest absolute Gasteiger partial charge is 0.496 e. The number of benzene rings is 2. The first-order chi connectivity index (χ1) is 18.0. The molecule has 0 aliphatic carbocycles. The molecule has 3 amide bonds. The van der Waals surface area contributed by atoms with Gasteiger partial charge in [0, 0.05) is 31.9 Å². The molecule has 2 aliphatic rings. The summed E-state index contributed by atoms with van der Waals surface area (Å²) in [6.45, 7) is 6.89. The maximum absolute atomic E-state index is 13.9. The second-order valence-corrected chi connectivity index (χ2v) is 10.8. The summed E-state index contributed by atoms with van der Waals surface area (Å²) >= 11 is 1.43. The van der Waals surface area contributed by atoms with Crippen molar-refractivity contribution in [3.63, 3.8) is 0 Å². The van der Waals surface area contributed by atoms with Crippen molar-refractivity contribution in [1.29, 1.82) is 0 Å². The van der Waals surface area contributed by atoms with Crippen molar-refractivity contribution in [3.05, 3.63) is 70.4 Å². The molecular formula is C29H34N4O3S. The van der Waals surface area contributed by atoms with Gasteiger partial charge in [0.15, 0.2) is 5.01 Å². The predicted molar refractivity (Wildman–Crippen MR) is 147 cm³/mol. The van der Waals surface area contributed by atoms with E-state index in [1.165, 1.54) is 16.9 Å². The minimum absolute atomic E-state index is 0.00842. The molecule has 0 unspecified atom stereocenters. The van der Waals surface area contributed by atoms with Gasteiger partial charge in [0.05, 0.1) is 23.9 Å². The highest BCUT2D eigenvalue weighted by molar-refractivity contribution is 7.20. The molecule has 0 saturated carbocycles. The number of methoxy groups -OCH3 is 1. The van der Waals surface area contributed by atoms with Crippen LogP contribution in [0, 0.1) is 5.92 Å². The van der Waals surface area contributed by atoms with Crippen LogP contribution in [-0.2, 0) is 13.0 Å². The molecule has 0 spiro atoms. The molecule has 3 heterocycles. The van der Waals surface area contributed by atoms with Crippen LogP contribution in [0.2, 0.25) is 0 Å². The number of carbonyl (C=O) groups is 2. The number of allylic oxidation sites excluding steroid dienone is 2. The number of thiazole rings is 1. The molecule has 8 heteroatoms. The van der Waals surface area contributed by atoms with Gasteiger partial charge in [-0.2, -0.15) is 0 Å². The molecule has 1 aromatic heterocycles. The summed E-state index contributed by atoms with van der Waals surface area (Å²) in [5.41, 5.74) is 4.20. The van der Waals surface area contributed by atoms with Gasteiger partial charge in [-0.05, 0) is 61.4 Å². The Kier molecular flexibility index (Phi) is 7.46. The first-order valence-electron chi connectivity index (χ1n) is 13.0. The molecule has 1 fully saturated rings. The molecule has 7 nitrogen and oxygen atoms in total. The fourth-order valence-electron chi connectivity index (χ4n) is 5.33. The average Bonchev–Trinajstić information content (AvgIpc) is 3.33. The van der Waals surface area contributed by atoms with Crippen LogP contribution in [0.15, 0.2) is 54.2 Å². The third kappa shape index (κ3) is 5.21. The number of para-hydroxylation sites is 1. The first-order valence-corrected chi connectivity index (χ1v) is 13.9. The second kappa shape index (κ2) is 10.9. The number of nitrogens with zero attached hydrogens (tertiary/aromatic N) is 4. The summed E-state index contributed by atoms with van der Waals surface area (Å²) in [6, 6.07) is 13.9. The molecule has 37 heavy (non-hydrogen) atoms. The van der Waals surface area contributed by atoms with Gasteiger partial charge in [0.2, 0.25) is 0 Å². The number of ether oxygens (including phenoxy) is 1. The zero-order valence-electron chi connectivity index (χ0n) is 21.8. The molecule has 1 atom stereocenters. The zero-order chi connectivity index (χ0) is 25.9. The number of likely N-dealkylation sites (N-methyl/N-ethyl adjacent to an activating group) is 1. The standard InChI is InChI=1S/C29H34N4O3S/c1-4-31-15-16-32(28(34)27-30-24-11-5-6-13-26(24)37-27)14-8-10-22-17-20(2)18-23-21(19-33(22)29(31)35)9-7-12-25(23)36-3/h5-7,9,11-13,17,20H,4,8,10,14-16,18-19H2,1-3H3/b22-17-/t20-/m0/s1. The van der Waals surface area contributed by atoms with Crippen molar-refractivity contribution >= 4 is 33.5 Å². The summed E-state index contributed by atoms with van der Waals surface area (Å²) in [6.07, 6.45) is 4.62. The minimum atomic E-state index is -0.0526. The zero-order valence-corrected chi connectivity index (χ0v) is 22.6. The van der Waals surface area contributed by atoms with Crippen molar-refractivity contribution in [2.24, 2.45) is 5.92 Å². The minimum Gasteiger partial charge on any atom is -0.496 e. The van der Waals surface area contributed by atoms with Gasteiger partial charge < -0.3 is 14.5 Å². The Balaban J connectivity index is 1.42. The van der Waals surface area contributed by atoms with E-state index in [0.717, 1.165) is 46.5 Å². The monoisotopic (exact) mass is 518 g/mol. The van der Waals surface area contributed by atoms with Crippen LogP contribution in [0.3, 0.4) is 0 Å². The third-order valence-corrected chi connectivity index (χ3v) is 8.30. The smallest absolute Gasteiger partial charge is 0.324 e. The fraction of sp³-hybridized carbons (Fsp3) is 0.414. The Morgan fingerprint density at radius 3 is 2.76 bits per heavy atom. The number of urea groups is 1. The van der Waals surface area contributed by atoms with Gasteiger partial charge >= 0.3 is 6.03 Å². The lowest BCUT2D eigenvalue weighted by atomic mass is 9.92. The van der Waals surface area contributed by atoms with Crippen LogP contribution in [0.4, 0.5) is 4.79 Å². The molecule has 3 aromatic rings. The Bertz CT molecular complexity index is 1300. The molecule has 194 valence electrons. The van der Waals surface area contributed by atoms with Crippen LogP contribution >= 0.6 is 11.3 Å². The van der Waals surface area contributed by atoms with E-state index in [1.807, 2.05) is 58.0 Å². The quantitative estimate of drug-likeness (QED) is 0.455. The van der Waals surface area contributed by atoms with E-state index in [-0.39, 0.29) is 17.9 Å². The van der Waals surface area contributed by atoms with Gasteiger partial charge in [0.1, 0.15) is 5.75 Å². The maximum Gasteiger partial charge on any atom is 0.324 e. The first kappa shape index (κ1) is 25.3. The van der Waals surface area contributed by atoms with E-state index in [0.29, 0.717) is 37.7 Å². The number of carbonyl (C=O) groups excluding carboxylic acids is 2. The maximum atomic E-state index is 13.9. The molecule has 0 bridgehead atoms. The van der Waals surface area contributed by atoms with E-state index < -0.39 is 0 Å². The molecule has 2 aliphatic heterocycles. The van der Waals surface area contributed by atoms with Gasteiger partial charge in [-0.25, -0.2) is 9.78 Å². The Labute approximate surface area is 222 Å². The molecule has 0 radical (unpaired) electrons.